The molecule has 0 radical (unpaired) electrons. The van der Waals surface area contributed by atoms with Crippen molar-refractivity contribution in [3.05, 3.63) is 114 Å². The monoisotopic (exact) mass is 547 g/mol. The van der Waals surface area contributed by atoms with Crippen LogP contribution in [0.25, 0.3) is 10.8 Å². The number of carbonyl (C=O) groups excluding carboxylic acids is 1. The summed E-state index contributed by atoms with van der Waals surface area (Å²) in [6.45, 7) is 4.35. The number of hydrogen-bond acceptors (Lipinski definition) is 7. The van der Waals surface area contributed by atoms with E-state index in [1.807, 2.05) is 86.7 Å². The summed E-state index contributed by atoms with van der Waals surface area (Å²) in [6.07, 6.45) is 15.7. The van der Waals surface area contributed by atoms with Crippen LogP contribution in [0.1, 0.15) is 66.7 Å². The lowest BCUT2D eigenvalue weighted by atomic mass is 10.0. The van der Waals surface area contributed by atoms with Crippen molar-refractivity contribution in [1.29, 1.82) is 5.41 Å². The molecule has 1 aliphatic carbocycles. The van der Waals surface area contributed by atoms with Crippen LogP contribution in [0, 0.1) is 5.41 Å². The maximum absolute atomic E-state index is 12.6. The predicted molar refractivity (Wildman–Crippen MR) is 167 cm³/mol. The summed E-state index contributed by atoms with van der Waals surface area (Å²) in [4.78, 5) is 25.3. The zero-order valence-corrected chi connectivity index (χ0v) is 23.6. The van der Waals surface area contributed by atoms with Crippen LogP contribution in [0.15, 0.2) is 91.4 Å². The molecule has 0 aliphatic heterocycles. The number of nitrogens with zero attached hydrogens (tertiary/aromatic N) is 3. The van der Waals surface area contributed by atoms with Gasteiger partial charge in [0.2, 0.25) is 0 Å². The molecule has 41 heavy (non-hydrogen) atoms. The van der Waals surface area contributed by atoms with E-state index in [0.717, 1.165) is 29.2 Å². The van der Waals surface area contributed by atoms with E-state index in [9.17, 15) is 4.79 Å². The average molecular weight is 548 g/mol. The van der Waals surface area contributed by atoms with Crippen molar-refractivity contribution < 1.29 is 4.79 Å². The van der Waals surface area contributed by atoms with Gasteiger partial charge < -0.3 is 16.4 Å². The number of aromatic nitrogens is 3. The van der Waals surface area contributed by atoms with Gasteiger partial charge in [0.05, 0.1) is 11.3 Å². The van der Waals surface area contributed by atoms with Crippen molar-refractivity contribution in [1.82, 2.24) is 20.3 Å². The molecule has 0 bridgehead atoms. The van der Waals surface area contributed by atoms with Gasteiger partial charge in [0.25, 0.3) is 5.91 Å². The van der Waals surface area contributed by atoms with Crippen LogP contribution < -0.4 is 16.4 Å². The average Bonchev–Trinajstić information content (AvgIpc) is 3.52. The van der Waals surface area contributed by atoms with Gasteiger partial charge in [0.1, 0.15) is 23.7 Å². The lowest BCUT2D eigenvalue weighted by molar-refractivity contribution is 0.0946. The van der Waals surface area contributed by atoms with E-state index in [0.29, 0.717) is 35.2 Å². The second-order valence-corrected chi connectivity index (χ2v) is 9.83. The molecular formula is C33H37N7O. The number of anilines is 2. The van der Waals surface area contributed by atoms with Crippen LogP contribution >= 0.6 is 0 Å². The Bertz CT molecular complexity index is 1530. The molecular weight excluding hydrogens is 510 g/mol. The Balaban J connectivity index is 0.000000585. The summed E-state index contributed by atoms with van der Waals surface area (Å²) < 4.78 is 0. The minimum absolute atomic E-state index is 0.232. The Morgan fingerprint density at radius 2 is 1.66 bits per heavy atom. The predicted octanol–water partition coefficient (Wildman–Crippen LogP) is 6.45. The van der Waals surface area contributed by atoms with Crippen molar-refractivity contribution >= 4 is 34.0 Å². The molecule has 1 aliphatic rings. The number of benzene rings is 2. The molecule has 0 spiro atoms. The van der Waals surface area contributed by atoms with Crippen molar-refractivity contribution in [3.8, 4) is 0 Å². The molecule has 2 aromatic carbocycles. The van der Waals surface area contributed by atoms with Gasteiger partial charge in [0.15, 0.2) is 0 Å². The van der Waals surface area contributed by atoms with E-state index < -0.39 is 0 Å². The summed E-state index contributed by atoms with van der Waals surface area (Å²) in [5.41, 5.74) is 8.92. The second-order valence-electron chi connectivity index (χ2n) is 9.83. The molecule has 1 amide bonds. The molecule has 5 N–H and O–H groups in total. The van der Waals surface area contributed by atoms with Crippen molar-refractivity contribution in [2.45, 2.75) is 52.1 Å². The number of rotatable bonds is 8. The third kappa shape index (κ3) is 7.85. The van der Waals surface area contributed by atoms with E-state index in [1.54, 1.807) is 12.3 Å². The van der Waals surface area contributed by atoms with Crippen molar-refractivity contribution in [3.63, 3.8) is 0 Å². The molecule has 8 heteroatoms. The van der Waals surface area contributed by atoms with Gasteiger partial charge in [-0.1, -0.05) is 85.7 Å². The maximum Gasteiger partial charge on any atom is 0.270 e. The third-order valence-electron chi connectivity index (χ3n) is 6.88. The first-order valence-electron chi connectivity index (χ1n) is 13.9. The largest absolute Gasteiger partial charge is 0.383 e. The fourth-order valence-electron chi connectivity index (χ4n) is 4.66. The van der Waals surface area contributed by atoms with Gasteiger partial charge in [0, 0.05) is 29.7 Å². The van der Waals surface area contributed by atoms with Gasteiger partial charge in [-0.2, -0.15) is 0 Å². The first-order valence-corrected chi connectivity index (χ1v) is 13.9. The molecule has 5 rings (SSSR count). The molecule has 1 saturated carbocycles. The first-order chi connectivity index (χ1) is 20.0. The Morgan fingerprint density at radius 1 is 0.976 bits per heavy atom. The van der Waals surface area contributed by atoms with Crippen LogP contribution in [0.5, 0.6) is 0 Å². The lowest BCUT2D eigenvalue weighted by Gasteiger charge is -2.17. The summed E-state index contributed by atoms with van der Waals surface area (Å²) >= 11 is 0. The van der Waals surface area contributed by atoms with Crippen LogP contribution in [0.2, 0.25) is 0 Å². The number of nitrogens with one attached hydrogen (secondary N) is 3. The number of hydrogen-bond donors (Lipinski definition) is 4. The summed E-state index contributed by atoms with van der Waals surface area (Å²) in [5, 5.41) is 17.1. The SMILES string of the molecule is C/C=C\C=C/C.N=C(c1ccc(CNC(=O)c2cc3ccccc3cn2)cc1)c1c(N)ncnc1NC1CCCC1. The van der Waals surface area contributed by atoms with Gasteiger partial charge in [-0.25, -0.2) is 9.97 Å². The zero-order valence-electron chi connectivity index (χ0n) is 23.6. The Labute approximate surface area is 241 Å². The molecule has 210 valence electrons. The molecule has 2 aromatic heterocycles. The maximum atomic E-state index is 12.6. The summed E-state index contributed by atoms with van der Waals surface area (Å²) in [7, 11) is 0. The highest BCUT2D eigenvalue weighted by molar-refractivity contribution is 6.16. The molecule has 1 fully saturated rings. The second kappa shape index (κ2) is 14.5. The van der Waals surface area contributed by atoms with Crippen molar-refractivity contribution in [2.24, 2.45) is 0 Å². The number of nitrogens with two attached hydrogens (primary N) is 1. The van der Waals surface area contributed by atoms with Gasteiger partial charge in [-0.05, 0) is 43.7 Å². The lowest BCUT2D eigenvalue weighted by Crippen LogP contribution is -2.23. The Morgan fingerprint density at radius 3 is 2.34 bits per heavy atom. The number of allylic oxidation sites excluding steroid dienone is 4. The van der Waals surface area contributed by atoms with E-state index >= 15 is 0 Å². The highest BCUT2D eigenvalue weighted by Crippen LogP contribution is 2.26. The zero-order chi connectivity index (χ0) is 29.0. The Kier molecular flexibility index (Phi) is 10.3. The highest BCUT2D eigenvalue weighted by atomic mass is 16.1. The van der Waals surface area contributed by atoms with E-state index in [1.165, 1.54) is 19.2 Å². The smallest absolute Gasteiger partial charge is 0.270 e. The van der Waals surface area contributed by atoms with Crippen LogP contribution in [0.3, 0.4) is 0 Å². The van der Waals surface area contributed by atoms with Gasteiger partial charge in [-0.15, -0.1) is 0 Å². The summed E-state index contributed by atoms with van der Waals surface area (Å²) in [6, 6.07) is 17.4. The molecule has 0 saturated heterocycles. The van der Waals surface area contributed by atoms with E-state index in [-0.39, 0.29) is 17.4 Å². The fourth-order valence-corrected chi connectivity index (χ4v) is 4.66. The molecule has 8 nitrogen and oxygen atoms in total. The topological polar surface area (TPSA) is 130 Å². The van der Waals surface area contributed by atoms with Crippen LogP contribution in [-0.4, -0.2) is 32.6 Å². The standard InChI is InChI=1S/C27H27N7O.C6H10/c28-24(23-25(29)32-16-33-26(23)34-21-7-3-4-8-21)18-11-9-17(10-12-18)14-31-27(35)22-13-19-5-1-2-6-20(19)15-30-22;1-3-5-6-4-2/h1-2,5-6,9-13,15-16,21,28H,3-4,7-8,14H2,(H,31,35)(H3,29,32,33,34);3-6H,1-2H3/b;5-3-,6-4-. The van der Waals surface area contributed by atoms with Crippen LogP contribution in [-0.2, 0) is 6.54 Å². The number of fused-ring (bicyclic) bond motifs is 1. The number of amides is 1. The highest BCUT2D eigenvalue weighted by Gasteiger charge is 2.21. The molecule has 0 unspecified atom stereocenters. The minimum atomic E-state index is -0.232. The fraction of sp³-hybridized carbons (Fsp3) is 0.242. The molecule has 0 atom stereocenters. The van der Waals surface area contributed by atoms with E-state index in [4.69, 9.17) is 11.1 Å². The normalized spacial score (nSPS) is 13.3. The van der Waals surface area contributed by atoms with Gasteiger partial charge in [-0.3, -0.25) is 15.2 Å². The first kappa shape index (κ1) is 29.1. The van der Waals surface area contributed by atoms with Crippen LogP contribution in [0.4, 0.5) is 11.6 Å². The quantitative estimate of drug-likeness (QED) is 0.148. The third-order valence-corrected chi connectivity index (χ3v) is 6.88. The molecule has 4 aromatic rings. The summed E-state index contributed by atoms with van der Waals surface area (Å²) in [5.74, 6) is 0.655. The minimum Gasteiger partial charge on any atom is -0.383 e. The number of pyridine rings is 1. The number of carbonyl (C=O) groups is 1. The Hall–Kier alpha value is -4.85. The van der Waals surface area contributed by atoms with Gasteiger partial charge >= 0.3 is 0 Å². The molecule has 2 heterocycles. The van der Waals surface area contributed by atoms with E-state index in [2.05, 4.69) is 25.6 Å². The number of nitrogen functional groups attached to an aromatic ring is 1. The van der Waals surface area contributed by atoms with Crippen molar-refractivity contribution in [2.75, 3.05) is 11.1 Å².